The van der Waals surface area contributed by atoms with Crippen LogP contribution in [0.3, 0.4) is 0 Å². The maximum Gasteiger partial charge on any atom is 0.303 e. The number of carboxylic acids is 1. The van der Waals surface area contributed by atoms with Crippen LogP contribution in [0.15, 0.2) is 18.2 Å². The number of benzene rings is 1. The van der Waals surface area contributed by atoms with E-state index in [9.17, 15) is 4.79 Å². The van der Waals surface area contributed by atoms with Crippen LogP contribution in [0.2, 0.25) is 0 Å². The summed E-state index contributed by atoms with van der Waals surface area (Å²) >= 11 is 0. The molecule has 0 aliphatic heterocycles. The van der Waals surface area contributed by atoms with Crippen molar-refractivity contribution in [3.63, 3.8) is 0 Å². The summed E-state index contributed by atoms with van der Waals surface area (Å²) < 4.78 is 0. The monoisotopic (exact) mass is 247 g/mol. The molecular formula is C15H21NO2. The second kappa shape index (κ2) is 6.43. The molecule has 0 atom stereocenters. The van der Waals surface area contributed by atoms with Gasteiger partial charge >= 0.3 is 5.97 Å². The van der Waals surface area contributed by atoms with Crippen LogP contribution in [-0.4, -0.2) is 17.6 Å². The van der Waals surface area contributed by atoms with E-state index in [-0.39, 0.29) is 0 Å². The van der Waals surface area contributed by atoms with Gasteiger partial charge in [-0.15, -0.1) is 0 Å². The number of aliphatic carboxylic acids is 1. The molecule has 0 saturated heterocycles. The lowest BCUT2D eigenvalue weighted by Gasteiger charge is -2.08. The number of nitrogens with one attached hydrogen (secondary N) is 1. The Labute approximate surface area is 108 Å². The molecule has 1 aromatic rings. The molecule has 0 saturated carbocycles. The maximum atomic E-state index is 10.3. The lowest BCUT2D eigenvalue weighted by Crippen LogP contribution is -2.02. The Morgan fingerprint density at radius 1 is 1.17 bits per heavy atom. The van der Waals surface area contributed by atoms with Crippen LogP contribution in [0.1, 0.15) is 43.2 Å². The minimum Gasteiger partial charge on any atom is -0.481 e. The Hall–Kier alpha value is -1.51. The Morgan fingerprint density at radius 2 is 2.00 bits per heavy atom. The summed E-state index contributed by atoms with van der Waals surface area (Å²) in [5.41, 5.74) is 4.20. The van der Waals surface area contributed by atoms with Crippen molar-refractivity contribution in [2.75, 3.05) is 11.9 Å². The second-order valence-corrected chi connectivity index (χ2v) is 4.97. The van der Waals surface area contributed by atoms with E-state index in [4.69, 9.17) is 5.11 Å². The number of carbonyl (C=O) groups is 1. The maximum absolute atomic E-state index is 10.3. The number of anilines is 1. The van der Waals surface area contributed by atoms with E-state index < -0.39 is 5.97 Å². The highest BCUT2D eigenvalue weighted by Crippen LogP contribution is 2.24. The van der Waals surface area contributed by atoms with Gasteiger partial charge in [-0.1, -0.05) is 12.5 Å². The van der Waals surface area contributed by atoms with Crippen molar-refractivity contribution in [1.29, 1.82) is 0 Å². The lowest BCUT2D eigenvalue weighted by atomic mass is 10.1. The van der Waals surface area contributed by atoms with E-state index in [0.29, 0.717) is 6.42 Å². The molecule has 0 aromatic heterocycles. The van der Waals surface area contributed by atoms with Gasteiger partial charge in [-0.2, -0.15) is 0 Å². The minimum atomic E-state index is -0.693. The van der Waals surface area contributed by atoms with Crippen molar-refractivity contribution in [3.05, 3.63) is 29.3 Å². The van der Waals surface area contributed by atoms with E-state index in [0.717, 1.165) is 25.8 Å². The zero-order valence-corrected chi connectivity index (χ0v) is 10.7. The zero-order valence-electron chi connectivity index (χ0n) is 10.7. The highest BCUT2D eigenvalue weighted by atomic mass is 16.4. The lowest BCUT2D eigenvalue weighted by molar-refractivity contribution is -0.137. The molecule has 1 aliphatic carbocycles. The average Bonchev–Trinajstić information content (AvgIpc) is 2.80. The van der Waals surface area contributed by atoms with Crippen LogP contribution in [0.25, 0.3) is 0 Å². The van der Waals surface area contributed by atoms with Crippen molar-refractivity contribution in [3.8, 4) is 0 Å². The molecule has 0 radical (unpaired) electrons. The molecule has 0 spiro atoms. The third kappa shape index (κ3) is 3.76. The molecule has 2 rings (SSSR count). The predicted molar refractivity (Wildman–Crippen MR) is 73.1 cm³/mol. The zero-order chi connectivity index (χ0) is 12.8. The predicted octanol–water partition coefficient (Wildman–Crippen LogP) is 3.23. The first-order chi connectivity index (χ1) is 8.75. The van der Waals surface area contributed by atoms with E-state index in [1.165, 1.54) is 36.1 Å². The molecule has 0 bridgehead atoms. The highest BCUT2D eigenvalue weighted by molar-refractivity contribution is 5.66. The van der Waals surface area contributed by atoms with Crippen LogP contribution in [0.5, 0.6) is 0 Å². The van der Waals surface area contributed by atoms with Gasteiger partial charge in [-0.25, -0.2) is 0 Å². The molecule has 18 heavy (non-hydrogen) atoms. The Kier molecular flexibility index (Phi) is 4.62. The molecule has 0 unspecified atom stereocenters. The Balaban J connectivity index is 1.66. The Bertz CT molecular complexity index is 415. The largest absolute Gasteiger partial charge is 0.481 e. The molecule has 2 N–H and O–H groups in total. The molecule has 3 heteroatoms. The third-order valence-corrected chi connectivity index (χ3v) is 3.50. The summed E-state index contributed by atoms with van der Waals surface area (Å²) in [6.45, 7) is 0.929. The van der Waals surface area contributed by atoms with Crippen molar-refractivity contribution in [2.45, 2.75) is 44.9 Å². The normalized spacial score (nSPS) is 13.3. The number of hydrogen-bond acceptors (Lipinski definition) is 2. The molecule has 0 heterocycles. The molecule has 1 aliphatic rings. The molecule has 3 nitrogen and oxygen atoms in total. The van der Waals surface area contributed by atoms with Crippen LogP contribution in [-0.2, 0) is 17.6 Å². The topological polar surface area (TPSA) is 49.3 Å². The van der Waals surface area contributed by atoms with E-state index in [1.807, 2.05) is 0 Å². The highest BCUT2D eigenvalue weighted by Gasteiger charge is 2.10. The first-order valence-electron chi connectivity index (χ1n) is 6.83. The fourth-order valence-corrected chi connectivity index (χ4v) is 2.49. The van der Waals surface area contributed by atoms with Crippen LogP contribution in [0.4, 0.5) is 5.69 Å². The van der Waals surface area contributed by atoms with Gasteiger partial charge < -0.3 is 10.4 Å². The second-order valence-electron chi connectivity index (χ2n) is 4.97. The fraction of sp³-hybridized carbons (Fsp3) is 0.533. The van der Waals surface area contributed by atoms with E-state index >= 15 is 0 Å². The van der Waals surface area contributed by atoms with Crippen LogP contribution in [0, 0.1) is 0 Å². The van der Waals surface area contributed by atoms with Crippen molar-refractivity contribution >= 4 is 11.7 Å². The van der Waals surface area contributed by atoms with Gasteiger partial charge in [0.1, 0.15) is 0 Å². The van der Waals surface area contributed by atoms with Crippen LogP contribution >= 0.6 is 0 Å². The van der Waals surface area contributed by atoms with Gasteiger partial charge in [0, 0.05) is 18.7 Å². The van der Waals surface area contributed by atoms with Crippen molar-refractivity contribution < 1.29 is 9.90 Å². The van der Waals surface area contributed by atoms with Gasteiger partial charge in [0.2, 0.25) is 0 Å². The summed E-state index contributed by atoms with van der Waals surface area (Å²) in [6, 6.07) is 6.65. The first kappa shape index (κ1) is 12.9. The van der Waals surface area contributed by atoms with E-state index in [1.54, 1.807) is 0 Å². The van der Waals surface area contributed by atoms with E-state index in [2.05, 4.69) is 23.5 Å². The van der Waals surface area contributed by atoms with Gasteiger partial charge in [0.25, 0.3) is 0 Å². The van der Waals surface area contributed by atoms with Crippen molar-refractivity contribution in [1.82, 2.24) is 0 Å². The summed E-state index contributed by atoms with van der Waals surface area (Å²) in [4.78, 5) is 10.3. The number of rotatable bonds is 7. The summed E-state index contributed by atoms with van der Waals surface area (Å²) in [7, 11) is 0. The van der Waals surface area contributed by atoms with Gasteiger partial charge in [-0.3, -0.25) is 4.79 Å². The summed E-state index contributed by atoms with van der Waals surface area (Å²) in [5.74, 6) is -0.693. The molecule has 0 fully saturated rings. The third-order valence-electron chi connectivity index (χ3n) is 3.50. The molecule has 0 amide bonds. The quantitative estimate of drug-likeness (QED) is 0.727. The van der Waals surface area contributed by atoms with Gasteiger partial charge in [-0.05, 0) is 55.4 Å². The SMILES string of the molecule is O=C(O)CCCCCNc1ccc2c(c1)CCC2. The first-order valence-corrected chi connectivity index (χ1v) is 6.83. The number of hydrogen-bond donors (Lipinski definition) is 2. The summed E-state index contributed by atoms with van der Waals surface area (Å²) in [6.07, 6.45) is 6.80. The van der Waals surface area contributed by atoms with Crippen molar-refractivity contribution in [2.24, 2.45) is 0 Å². The smallest absolute Gasteiger partial charge is 0.303 e. The van der Waals surface area contributed by atoms with Crippen LogP contribution < -0.4 is 5.32 Å². The standard InChI is InChI=1S/C15H21NO2/c17-15(18)7-2-1-3-10-16-14-9-8-12-5-4-6-13(12)11-14/h8-9,11,16H,1-7,10H2,(H,17,18). The minimum absolute atomic E-state index is 0.291. The average molecular weight is 247 g/mol. The molecule has 98 valence electrons. The van der Waals surface area contributed by atoms with Gasteiger partial charge in [0.05, 0.1) is 0 Å². The molecule has 1 aromatic carbocycles. The van der Waals surface area contributed by atoms with Gasteiger partial charge in [0.15, 0.2) is 0 Å². The Morgan fingerprint density at radius 3 is 2.83 bits per heavy atom. The molecular weight excluding hydrogens is 226 g/mol. The number of unbranched alkanes of at least 4 members (excludes halogenated alkanes) is 2. The summed E-state index contributed by atoms with van der Waals surface area (Å²) in [5, 5.41) is 11.9. The number of aryl methyl sites for hydroxylation is 2. The fourth-order valence-electron chi connectivity index (χ4n) is 2.49. The number of fused-ring (bicyclic) bond motifs is 1. The number of carboxylic acid groups (broad SMARTS) is 1.